The second kappa shape index (κ2) is 5.80. The molecule has 2 saturated heterocycles. The normalized spacial score (nSPS) is 49.4. The molecule has 2 unspecified atom stereocenters. The van der Waals surface area contributed by atoms with Crippen LogP contribution in [0.15, 0.2) is 24.3 Å². The molecule has 2 atom stereocenters. The minimum Gasteiger partial charge on any atom is -0.399 e. The molecule has 2 heterocycles. The quantitative estimate of drug-likeness (QED) is 0.844. The molecule has 0 aromatic heterocycles. The van der Waals surface area contributed by atoms with Crippen molar-refractivity contribution in [1.29, 1.82) is 0 Å². The number of hydrogen-bond donors (Lipinski definition) is 1. The third-order valence-electron chi connectivity index (χ3n) is 4.43. The highest BCUT2D eigenvalue weighted by Crippen LogP contribution is 2.36. The Hall–Kier alpha value is -1.04. The van der Waals surface area contributed by atoms with Crippen molar-refractivity contribution in [3.8, 4) is 0 Å². The van der Waals surface area contributed by atoms with Gasteiger partial charge in [-0.2, -0.15) is 0 Å². The molecule has 0 spiro atoms. The molecule has 1 N–H and O–H groups in total. The van der Waals surface area contributed by atoms with Crippen LogP contribution in [0.1, 0.15) is 57.8 Å². The number of anilines is 1. The van der Waals surface area contributed by atoms with E-state index in [0.29, 0.717) is 5.46 Å². The standard InChI is InChI=1S/C18H29BN2O2/c1-13-12-21(14(2)11-20-13)16-9-7-15(8-10-16)19-22-17(3,4)18(5,6)23-19/h7-10,13-14,20H,11-12H2,1-6H3/i1D3,2D3,11D2,12D2,13D,14D. The van der Waals surface area contributed by atoms with Crippen LogP contribution < -0.4 is 15.7 Å². The van der Waals surface area contributed by atoms with Gasteiger partial charge in [0.25, 0.3) is 0 Å². The lowest BCUT2D eigenvalue weighted by Crippen LogP contribution is -2.54. The third kappa shape index (κ3) is 3.15. The Morgan fingerprint density at radius 3 is 2.43 bits per heavy atom. The van der Waals surface area contributed by atoms with Gasteiger partial charge in [-0.1, -0.05) is 12.1 Å². The summed E-state index contributed by atoms with van der Waals surface area (Å²) in [4.78, 5) is 0.233. The zero-order valence-corrected chi connectivity index (χ0v) is 13.7. The van der Waals surface area contributed by atoms with E-state index in [2.05, 4.69) is 0 Å². The monoisotopic (exact) mass is 328 g/mol. The van der Waals surface area contributed by atoms with Crippen molar-refractivity contribution in [1.82, 2.24) is 5.32 Å². The number of rotatable bonds is 2. The molecule has 0 amide bonds. The first-order valence-corrected chi connectivity index (χ1v) is 7.41. The van der Waals surface area contributed by atoms with Crippen LogP contribution in [0.4, 0.5) is 5.69 Å². The first-order valence-electron chi connectivity index (χ1n) is 13.4. The predicted molar refractivity (Wildman–Crippen MR) is 96.4 cm³/mol. The molecular formula is C18H29BN2O2. The van der Waals surface area contributed by atoms with Gasteiger partial charge < -0.3 is 19.5 Å². The summed E-state index contributed by atoms with van der Waals surface area (Å²) >= 11 is 0. The van der Waals surface area contributed by atoms with Crippen molar-refractivity contribution < 1.29 is 25.8 Å². The van der Waals surface area contributed by atoms with Gasteiger partial charge in [0.15, 0.2) is 0 Å². The van der Waals surface area contributed by atoms with Crippen LogP contribution in [0.3, 0.4) is 0 Å². The minimum atomic E-state index is -3.46. The van der Waals surface area contributed by atoms with Crippen molar-refractivity contribution >= 4 is 18.3 Å². The molecule has 2 fully saturated rings. The molecule has 0 bridgehead atoms. The molecule has 1 aromatic rings. The zero-order valence-electron chi connectivity index (χ0n) is 25.7. The Morgan fingerprint density at radius 1 is 1.22 bits per heavy atom. The summed E-state index contributed by atoms with van der Waals surface area (Å²) < 4.78 is 110. The molecule has 5 heteroatoms. The predicted octanol–water partition coefficient (Wildman–Crippen LogP) is 2.17. The molecule has 4 nitrogen and oxygen atoms in total. The van der Waals surface area contributed by atoms with Crippen LogP contribution in [-0.2, 0) is 9.31 Å². The second-order valence-corrected chi connectivity index (χ2v) is 6.60. The van der Waals surface area contributed by atoms with E-state index in [9.17, 15) is 0 Å². The summed E-state index contributed by atoms with van der Waals surface area (Å²) in [7, 11) is -0.804. The van der Waals surface area contributed by atoms with Crippen LogP contribution in [0.25, 0.3) is 0 Å². The zero-order chi connectivity index (χ0) is 27.3. The van der Waals surface area contributed by atoms with Crippen molar-refractivity contribution in [2.45, 2.75) is 64.6 Å². The minimum absolute atomic E-state index is 0.233. The highest BCUT2D eigenvalue weighted by molar-refractivity contribution is 6.62. The number of nitrogens with one attached hydrogen (secondary N) is 1. The SMILES string of the molecule is [2H]C([2H])([2H])C1([2H])NC([2H])([2H])C([2H])(C([2H])([2H])[2H])N(c2ccc(B3OC(C)(C)C(C)(C)O3)cc2)C1([2H])[2H]. The lowest BCUT2D eigenvalue weighted by atomic mass is 9.79. The number of hydrogen-bond acceptors (Lipinski definition) is 4. The maximum Gasteiger partial charge on any atom is 0.494 e. The maximum absolute atomic E-state index is 8.70. The molecule has 0 aliphatic carbocycles. The smallest absolute Gasteiger partial charge is 0.399 e. The van der Waals surface area contributed by atoms with Gasteiger partial charge in [-0.15, -0.1) is 0 Å². The van der Waals surface area contributed by atoms with Crippen molar-refractivity contribution in [3.63, 3.8) is 0 Å². The molecule has 2 aliphatic rings. The first-order chi connectivity index (χ1) is 15.4. The Balaban J connectivity index is 2.17. The highest BCUT2D eigenvalue weighted by Gasteiger charge is 2.51. The van der Waals surface area contributed by atoms with Crippen LogP contribution in [0.2, 0.25) is 0 Å². The van der Waals surface area contributed by atoms with Gasteiger partial charge in [0.2, 0.25) is 0 Å². The Bertz CT molecular complexity index is 965. The van der Waals surface area contributed by atoms with E-state index in [4.69, 9.17) is 25.8 Å². The van der Waals surface area contributed by atoms with E-state index in [0.717, 1.165) is 0 Å². The summed E-state index contributed by atoms with van der Waals surface area (Å²) in [6.07, 6.45) is 0. The van der Waals surface area contributed by atoms with E-state index in [-0.39, 0.29) is 10.6 Å². The maximum atomic E-state index is 8.70. The van der Waals surface area contributed by atoms with Crippen LogP contribution in [-0.4, -0.2) is 43.3 Å². The van der Waals surface area contributed by atoms with Crippen molar-refractivity contribution in [2.24, 2.45) is 0 Å². The largest absolute Gasteiger partial charge is 0.494 e. The summed E-state index contributed by atoms with van der Waals surface area (Å²) in [5.74, 6) is 0. The third-order valence-corrected chi connectivity index (χ3v) is 4.43. The molecule has 0 saturated carbocycles. The molecular weight excluding hydrogens is 287 g/mol. The van der Waals surface area contributed by atoms with Gasteiger partial charge in [-0.25, -0.2) is 0 Å². The van der Waals surface area contributed by atoms with Crippen molar-refractivity contribution in [3.05, 3.63) is 24.3 Å². The van der Waals surface area contributed by atoms with Gasteiger partial charge in [0, 0.05) is 43.1 Å². The van der Waals surface area contributed by atoms with Crippen molar-refractivity contribution in [2.75, 3.05) is 17.9 Å². The number of benzene rings is 1. The topological polar surface area (TPSA) is 33.7 Å². The van der Waals surface area contributed by atoms with Gasteiger partial charge in [0.05, 0.1) is 15.3 Å². The van der Waals surface area contributed by atoms with Gasteiger partial charge in [-0.05, 0) is 59.0 Å². The fourth-order valence-corrected chi connectivity index (χ4v) is 2.33. The van der Waals surface area contributed by atoms with Gasteiger partial charge in [-0.3, -0.25) is 0 Å². The Morgan fingerprint density at radius 2 is 1.87 bits per heavy atom. The second-order valence-electron chi connectivity index (χ2n) is 6.60. The van der Waals surface area contributed by atoms with Crippen LogP contribution in [0.5, 0.6) is 0 Å². The Kier molecular flexibility index (Phi) is 1.88. The summed E-state index contributed by atoms with van der Waals surface area (Å²) in [5, 5.41) is 1.70. The molecule has 126 valence electrons. The lowest BCUT2D eigenvalue weighted by Gasteiger charge is -2.39. The van der Waals surface area contributed by atoms with Crippen LogP contribution in [0, 0.1) is 0 Å². The molecule has 23 heavy (non-hydrogen) atoms. The van der Waals surface area contributed by atoms with E-state index >= 15 is 0 Å². The molecule has 3 rings (SSSR count). The summed E-state index contributed by atoms with van der Waals surface area (Å²) in [5.41, 5.74) is -1.11. The van der Waals surface area contributed by atoms with E-state index in [1.165, 1.54) is 24.3 Å². The molecule has 0 radical (unpaired) electrons. The summed E-state index contributed by atoms with van der Waals surface area (Å²) in [6.45, 7) is -6.19. The molecule has 2 aliphatic heterocycles. The highest BCUT2D eigenvalue weighted by atomic mass is 16.7. The summed E-state index contributed by atoms with van der Waals surface area (Å²) in [6, 6.07) is -1.32. The first kappa shape index (κ1) is 7.46. The average Bonchev–Trinajstić information content (AvgIpc) is 2.86. The fourth-order valence-electron chi connectivity index (χ4n) is 2.33. The van der Waals surface area contributed by atoms with E-state index in [1.807, 2.05) is 27.7 Å². The van der Waals surface area contributed by atoms with E-state index < -0.39 is 57.1 Å². The van der Waals surface area contributed by atoms with Crippen LogP contribution >= 0.6 is 0 Å². The van der Waals surface area contributed by atoms with Gasteiger partial charge in [0.1, 0.15) is 0 Å². The Labute approximate surface area is 157 Å². The fraction of sp³-hybridized carbons (Fsp3) is 0.667. The average molecular weight is 328 g/mol. The number of piperazine rings is 1. The van der Waals surface area contributed by atoms with Gasteiger partial charge >= 0.3 is 7.12 Å². The molecule has 1 aromatic carbocycles. The van der Waals surface area contributed by atoms with E-state index in [1.54, 1.807) is 5.32 Å². The number of nitrogens with zero attached hydrogens (tertiary/aromatic N) is 1. The lowest BCUT2D eigenvalue weighted by molar-refractivity contribution is 0.00578.